The highest BCUT2D eigenvalue weighted by Crippen LogP contribution is 2.05. The first kappa shape index (κ1) is 14.5. The second kappa shape index (κ2) is 7.67. The predicted molar refractivity (Wildman–Crippen MR) is 71.0 cm³/mol. The maximum Gasteiger partial charge on any atom is 0.237 e. The summed E-state index contributed by atoms with van der Waals surface area (Å²) in [6.45, 7) is 10.2. The Morgan fingerprint density at radius 2 is 2.00 bits per heavy atom. The normalized spacial score (nSPS) is 20.9. The van der Waals surface area contributed by atoms with Crippen LogP contribution in [0.3, 0.4) is 0 Å². The summed E-state index contributed by atoms with van der Waals surface area (Å²) in [6.07, 6.45) is 3.23. The fourth-order valence-corrected chi connectivity index (χ4v) is 2.28. The van der Waals surface area contributed by atoms with Gasteiger partial charge in [0.2, 0.25) is 5.91 Å². The summed E-state index contributed by atoms with van der Waals surface area (Å²) >= 11 is 0. The Balaban J connectivity index is 2.39. The van der Waals surface area contributed by atoms with Gasteiger partial charge in [0.05, 0.1) is 6.04 Å². The third-order valence-corrected chi connectivity index (χ3v) is 3.56. The van der Waals surface area contributed by atoms with Crippen LogP contribution in [0.2, 0.25) is 0 Å². The lowest BCUT2D eigenvalue weighted by molar-refractivity contribution is -0.126. The zero-order valence-corrected chi connectivity index (χ0v) is 11.5. The van der Waals surface area contributed by atoms with Gasteiger partial charge in [-0.25, -0.2) is 0 Å². The van der Waals surface area contributed by atoms with E-state index in [1.54, 1.807) is 0 Å². The lowest BCUT2D eigenvalue weighted by Crippen LogP contribution is -2.54. The van der Waals surface area contributed by atoms with Crippen LogP contribution < -0.4 is 10.6 Å². The second-order valence-corrected chi connectivity index (χ2v) is 4.86. The summed E-state index contributed by atoms with van der Waals surface area (Å²) < 4.78 is 0. The van der Waals surface area contributed by atoms with E-state index in [1.165, 1.54) is 0 Å². The number of rotatable bonds is 6. The molecule has 1 fully saturated rings. The molecule has 1 aliphatic rings. The van der Waals surface area contributed by atoms with Crippen LogP contribution in [0.1, 0.15) is 40.0 Å². The molecule has 1 rings (SSSR count). The van der Waals surface area contributed by atoms with Crippen molar-refractivity contribution in [2.75, 3.05) is 26.2 Å². The van der Waals surface area contributed by atoms with Gasteiger partial charge in [-0.1, -0.05) is 20.3 Å². The molecule has 0 spiro atoms. The molecule has 4 heteroatoms. The Morgan fingerprint density at radius 1 is 1.35 bits per heavy atom. The van der Waals surface area contributed by atoms with Gasteiger partial charge in [-0.15, -0.1) is 0 Å². The zero-order chi connectivity index (χ0) is 12.7. The van der Waals surface area contributed by atoms with E-state index in [0.717, 1.165) is 45.4 Å². The van der Waals surface area contributed by atoms with Gasteiger partial charge < -0.3 is 10.6 Å². The van der Waals surface area contributed by atoms with Gasteiger partial charge in [0.1, 0.15) is 0 Å². The fourth-order valence-electron chi connectivity index (χ4n) is 2.28. The van der Waals surface area contributed by atoms with Crippen LogP contribution in [-0.2, 0) is 4.79 Å². The lowest BCUT2D eigenvalue weighted by Gasteiger charge is -2.32. The van der Waals surface area contributed by atoms with Crippen LogP contribution in [0.4, 0.5) is 0 Å². The van der Waals surface area contributed by atoms with Gasteiger partial charge in [-0.3, -0.25) is 9.69 Å². The van der Waals surface area contributed by atoms with Gasteiger partial charge in [0.15, 0.2) is 0 Å². The average molecular weight is 241 g/mol. The Labute approximate surface area is 105 Å². The summed E-state index contributed by atoms with van der Waals surface area (Å²) in [5, 5.41) is 6.47. The fraction of sp³-hybridized carbons (Fsp3) is 0.923. The van der Waals surface area contributed by atoms with Crippen molar-refractivity contribution in [1.29, 1.82) is 0 Å². The molecule has 1 heterocycles. The molecular formula is C13H27N3O. The summed E-state index contributed by atoms with van der Waals surface area (Å²) in [5.74, 6) is 0.187. The minimum Gasteiger partial charge on any atom is -0.352 e. The average Bonchev–Trinajstić information content (AvgIpc) is 2.38. The van der Waals surface area contributed by atoms with Crippen molar-refractivity contribution in [2.24, 2.45) is 0 Å². The molecule has 1 amide bonds. The Hall–Kier alpha value is -0.610. The highest BCUT2D eigenvalue weighted by atomic mass is 16.2. The predicted octanol–water partition coefficient (Wildman–Crippen LogP) is 0.975. The van der Waals surface area contributed by atoms with Crippen LogP contribution in [-0.4, -0.2) is 49.1 Å². The number of piperazine rings is 1. The van der Waals surface area contributed by atoms with Crippen molar-refractivity contribution in [3.8, 4) is 0 Å². The molecular weight excluding hydrogens is 214 g/mol. The quantitative estimate of drug-likeness (QED) is 0.728. The van der Waals surface area contributed by atoms with Crippen molar-refractivity contribution in [1.82, 2.24) is 15.5 Å². The van der Waals surface area contributed by atoms with Gasteiger partial charge >= 0.3 is 0 Å². The molecule has 0 aromatic heterocycles. The third-order valence-electron chi connectivity index (χ3n) is 3.56. The molecule has 4 nitrogen and oxygen atoms in total. The topological polar surface area (TPSA) is 44.4 Å². The SMILES string of the molecule is CCCC(CC)NC(=O)C(C)N1CCNCC1. The molecule has 0 bridgehead atoms. The molecule has 1 saturated heterocycles. The maximum absolute atomic E-state index is 12.1. The standard InChI is InChI=1S/C13H27N3O/c1-4-6-12(5-2)15-13(17)11(3)16-9-7-14-8-10-16/h11-12,14H,4-10H2,1-3H3,(H,15,17). The van der Waals surface area contributed by atoms with E-state index in [0.29, 0.717) is 6.04 Å². The summed E-state index contributed by atoms with van der Waals surface area (Å²) in [7, 11) is 0. The summed E-state index contributed by atoms with van der Waals surface area (Å²) in [6, 6.07) is 0.348. The number of nitrogens with zero attached hydrogens (tertiary/aromatic N) is 1. The van der Waals surface area contributed by atoms with Crippen LogP contribution in [0.15, 0.2) is 0 Å². The minimum atomic E-state index is 0.00278. The molecule has 2 N–H and O–H groups in total. The van der Waals surface area contributed by atoms with Crippen LogP contribution in [0.25, 0.3) is 0 Å². The Morgan fingerprint density at radius 3 is 2.53 bits per heavy atom. The maximum atomic E-state index is 12.1. The zero-order valence-electron chi connectivity index (χ0n) is 11.5. The first-order valence-electron chi connectivity index (χ1n) is 6.94. The molecule has 0 aromatic rings. The van der Waals surface area contributed by atoms with Crippen LogP contribution in [0.5, 0.6) is 0 Å². The molecule has 100 valence electrons. The van der Waals surface area contributed by atoms with E-state index in [1.807, 2.05) is 6.92 Å². The van der Waals surface area contributed by atoms with Crippen molar-refractivity contribution in [3.63, 3.8) is 0 Å². The Kier molecular flexibility index (Phi) is 6.52. The van der Waals surface area contributed by atoms with Crippen molar-refractivity contribution >= 4 is 5.91 Å². The van der Waals surface area contributed by atoms with Crippen LogP contribution >= 0.6 is 0 Å². The van der Waals surface area contributed by atoms with Gasteiger partial charge in [-0.05, 0) is 19.8 Å². The molecule has 0 saturated carbocycles. The lowest BCUT2D eigenvalue weighted by atomic mass is 10.1. The smallest absolute Gasteiger partial charge is 0.237 e. The first-order chi connectivity index (χ1) is 8.19. The van der Waals surface area contributed by atoms with Crippen LogP contribution in [0, 0.1) is 0 Å². The molecule has 17 heavy (non-hydrogen) atoms. The van der Waals surface area contributed by atoms with Crippen molar-refractivity contribution in [2.45, 2.75) is 52.1 Å². The summed E-state index contributed by atoms with van der Waals surface area (Å²) in [4.78, 5) is 14.4. The van der Waals surface area contributed by atoms with E-state index in [2.05, 4.69) is 29.4 Å². The second-order valence-electron chi connectivity index (χ2n) is 4.86. The van der Waals surface area contributed by atoms with Crippen molar-refractivity contribution < 1.29 is 4.79 Å². The highest BCUT2D eigenvalue weighted by Gasteiger charge is 2.23. The molecule has 1 aliphatic heterocycles. The molecule has 0 aromatic carbocycles. The number of hydrogen-bond acceptors (Lipinski definition) is 3. The largest absolute Gasteiger partial charge is 0.352 e. The van der Waals surface area contributed by atoms with Gasteiger partial charge in [-0.2, -0.15) is 0 Å². The third kappa shape index (κ3) is 4.64. The first-order valence-corrected chi connectivity index (χ1v) is 6.94. The van der Waals surface area contributed by atoms with E-state index in [9.17, 15) is 4.79 Å². The summed E-state index contributed by atoms with van der Waals surface area (Å²) in [5.41, 5.74) is 0. The highest BCUT2D eigenvalue weighted by molar-refractivity contribution is 5.81. The van der Waals surface area contributed by atoms with Gasteiger partial charge in [0, 0.05) is 32.2 Å². The van der Waals surface area contributed by atoms with E-state index in [4.69, 9.17) is 0 Å². The molecule has 2 unspecified atom stereocenters. The minimum absolute atomic E-state index is 0.00278. The molecule has 2 atom stereocenters. The Bertz CT molecular complexity index is 227. The molecule has 0 aliphatic carbocycles. The number of nitrogens with one attached hydrogen (secondary N) is 2. The number of hydrogen-bond donors (Lipinski definition) is 2. The number of amides is 1. The van der Waals surface area contributed by atoms with E-state index >= 15 is 0 Å². The van der Waals surface area contributed by atoms with Crippen molar-refractivity contribution in [3.05, 3.63) is 0 Å². The number of carbonyl (C=O) groups is 1. The van der Waals surface area contributed by atoms with E-state index < -0.39 is 0 Å². The number of carbonyl (C=O) groups excluding carboxylic acids is 1. The molecule has 0 radical (unpaired) electrons. The monoisotopic (exact) mass is 241 g/mol. The van der Waals surface area contributed by atoms with Gasteiger partial charge in [0.25, 0.3) is 0 Å². The van der Waals surface area contributed by atoms with E-state index in [-0.39, 0.29) is 11.9 Å².